The highest BCUT2D eigenvalue weighted by molar-refractivity contribution is 7.22. The molecular weight excluding hydrogens is 339 g/mol. The minimum Gasteiger partial charge on any atom is -0.399 e. The zero-order chi connectivity index (χ0) is 13.6. The van der Waals surface area contributed by atoms with Crippen LogP contribution in [-0.4, -0.2) is 9.97 Å². The standard InChI is InChI=1S/C12H8Cl2N4S.ClH/c13-6-3-5(15)4-7(14)9(6)12-18-8-1-2-17-11(16)10(8)19-12;/h1-4H,15H2,(H2,16,17);1H. The summed E-state index contributed by atoms with van der Waals surface area (Å²) < 4.78 is 0.821. The van der Waals surface area contributed by atoms with Crippen molar-refractivity contribution in [2.75, 3.05) is 11.5 Å². The zero-order valence-corrected chi connectivity index (χ0v) is 13.1. The van der Waals surface area contributed by atoms with Gasteiger partial charge in [0.15, 0.2) is 0 Å². The number of thiazole rings is 1. The molecule has 2 heterocycles. The van der Waals surface area contributed by atoms with E-state index in [9.17, 15) is 0 Å². The maximum Gasteiger partial charge on any atom is 0.143 e. The molecule has 0 unspecified atom stereocenters. The first kappa shape index (κ1) is 15.1. The van der Waals surface area contributed by atoms with Gasteiger partial charge in [0, 0.05) is 17.4 Å². The summed E-state index contributed by atoms with van der Waals surface area (Å²) in [5, 5.41) is 1.64. The molecule has 0 spiro atoms. The van der Waals surface area contributed by atoms with Crippen LogP contribution in [-0.2, 0) is 0 Å². The van der Waals surface area contributed by atoms with Gasteiger partial charge in [-0.1, -0.05) is 23.2 Å². The van der Waals surface area contributed by atoms with E-state index in [1.54, 1.807) is 24.4 Å². The Balaban J connectivity index is 0.00000147. The molecule has 0 aliphatic heterocycles. The lowest BCUT2D eigenvalue weighted by atomic mass is 10.2. The first-order valence-electron chi connectivity index (χ1n) is 5.32. The second kappa shape index (κ2) is 5.61. The van der Waals surface area contributed by atoms with Crippen molar-refractivity contribution < 1.29 is 0 Å². The van der Waals surface area contributed by atoms with Gasteiger partial charge in [0.2, 0.25) is 0 Å². The van der Waals surface area contributed by atoms with Crippen molar-refractivity contribution in [2.45, 2.75) is 0 Å². The molecule has 8 heteroatoms. The summed E-state index contributed by atoms with van der Waals surface area (Å²) in [6.07, 6.45) is 1.62. The average Bonchev–Trinajstić information content (AvgIpc) is 2.72. The van der Waals surface area contributed by atoms with Crippen LogP contribution in [0.15, 0.2) is 24.4 Å². The third-order valence-corrected chi connectivity index (χ3v) is 4.32. The van der Waals surface area contributed by atoms with Crippen LogP contribution >= 0.6 is 46.9 Å². The Labute approximate surface area is 135 Å². The van der Waals surface area contributed by atoms with Crippen LogP contribution in [0.25, 0.3) is 20.8 Å². The Morgan fingerprint density at radius 1 is 1.10 bits per heavy atom. The number of nitrogen functional groups attached to an aromatic ring is 2. The van der Waals surface area contributed by atoms with E-state index >= 15 is 0 Å². The second-order valence-corrected chi connectivity index (χ2v) is 5.74. The van der Waals surface area contributed by atoms with E-state index in [1.165, 1.54) is 11.3 Å². The van der Waals surface area contributed by atoms with Crippen molar-refractivity contribution in [2.24, 2.45) is 0 Å². The van der Waals surface area contributed by atoms with Crippen molar-refractivity contribution in [3.63, 3.8) is 0 Å². The Morgan fingerprint density at radius 2 is 1.75 bits per heavy atom. The fourth-order valence-electron chi connectivity index (χ4n) is 1.78. The average molecular weight is 348 g/mol. The van der Waals surface area contributed by atoms with E-state index in [-0.39, 0.29) is 12.4 Å². The van der Waals surface area contributed by atoms with Crippen molar-refractivity contribution in [1.29, 1.82) is 0 Å². The predicted molar refractivity (Wildman–Crippen MR) is 88.9 cm³/mol. The van der Waals surface area contributed by atoms with Gasteiger partial charge >= 0.3 is 0 Å². The lowest BCUT2D eigenvalue weighted by Gasteiger charge is -2.04. The largest absolute Gasteiger partial charge is 0.399 e. The maximum atomic E-state index is 6.19. The molecule has 0 aliphatic rings. The van der Waals surface area contributed by atoms with Gasteiger partial charge in [0.05, 0.1) is 20.3 Å². The number of aromatic nitrogens is 2. The summed E-state index contributed by atoms with van der Waals surface area (Å²) in [4.78, 5) is 8.52. The van der Waals surface area contributed by atoms with Crippen LogP contribution in [0.1, 0.15) is 0 Å². The summed E-state index contributed by atoms with van der Waals surface area (Å²) in [7, 11) is 0. The first-order chi connectivity index (χ1) is 9.06. The number of rotatable bonds is 1. The molecule has 0 bridgehead atoms. The smallest absolute Gasteiger partial charge is 0.143 e. The van der Waals surface area contributed by atoms with Gasteiger partial charge in [-0.2, -0.15) is 0 Å². The van der Waals surface area contributed by atoms with Crippen LogP contribution in [0.2, 0.25) is 10.0 Å². The number of nitrogens with two attached hydrogens (primary N) is 2. The van der Waals surface area contributed by atoms with Gasteiger partial charge in [-0.3, -0.25) is 0 Å². The molecule has 4 N–H and O–H groups in total. The predicted octanol–water partition coefficient (Wildman–Crippen LogP) is 4.25. The molecule has 0 aliphatic carbocycles. The summed E-state index contributed by atoms with van der Waals surface area (Å²) in [5.74, 6) is 0.448. The minimum atomic E-state index is 0. The minimum absolute atomic E-state index is 0. The van der Waals surface area contributed by atoms with Crippen molar-refractivity contribution in [1.82, 2.24) is 9.97 Å². The van der Waals surface area contributed by atoms with E-state index < -0.39 is 0 Å². The van der Waals surface area contributed by atoms with E-state index in [2.05, 4.69) is 9.97 Å². The summed E-state index contributed by atoms with van der Waals surface area (Å²) >= 11 is 13.8. The van der Waals surface area contributed by atoms with Gasteiger partial charge in [-0.05, 0) is 18.2 Å². The van der Waals surface area contributed by atoms with Crippen molar-refractivity contribution in [3.8, 4) is 10.6 Å². The fourth-order valence-corrected chi connectivity index (χ4v) is 3.61. The van der Waals surface area contributed by atoms with E-state index in [0.717, 1.165) is 10.2 Å². The number of hydrogen-bond donors (Lipinski definition) is 2. The maximum absolute atomic E-state index is 6.19. The quantitative estimate of drug-likeness (QED) is 0.645. The summed E-state index contributed by atoms with van der Waals surface area (Å²) in [5.41, 5.74) is 13.5. The topological polar surface area (TPSA) is 77.8 Å². The third kappa shape index (κ3) is 2.50. The van der Waals surface area contributed by atoms with Gasteiger partial charge in [-0.15, -0.1) is 23.7 Å². The molecule has 1 aromatic carbocycles. The number of benzene rings is 1. The molecule has 0 fully saturated rings. The molecule has 3 rings (SSSR count). The molecule has 0 radical (unpaired) electrons. The van der Waals surface area contributed by atoms with Gasteiger partial charge in [0.25, 0.3) is 0 Å². The Kier molecular flexibility index (Phi) is 4.25. The first-order valence-corrected chi connectivity index (χ1v) is 6.89. The highest BCUT2D eigenvalue weighted by Crippen LogP contribution is 2.40. The molecule has 0 saturated heterocycles. The van der Waals surface area contributed by atoms with Crippen LogP contribution in [0.4, 0.5) is 11.5 Å². The van der Waals surface area contributed by atoms with Crippen molar-refractivity contribution in [3.05, 3.63) is 34.4 Å². The molecule has 0 amide bonds. The number of hydrogen-bond acceptors (Lipinski definition) is 5. The van der Waals surface area contributed by atoms with Crippen LogP contribution in [0.5, 0.6) is 0 Å². The fraction of sp³-hybridized carbons (Fsp3) is 0. The Hall–Kier alpha value is -1.27. The van der Waals surface area contributed by atoms with E-state index in [4.69, 9.17) is 34.7 Å². The lowest BCUT2D eigenvalue weighted by Crippen LogP contribution is -1.88. The van der Waals surface area contributed by atoms with Gasteiger partial charge in [-0.25, -0.2) is 9.97 Å². The van der Waals surface area contributed by atoms with Gasteiger partial charge in [0.1, 0.15) is 10.8 Å². The second-order valence-electron chi connectivity index (χ2n) is 3.92. The third-order valence-electron chi connectivity index (χ3n) is 2.61. The van der Waals surface area contributed by atoms with E-state index in [1.807, 2.05) is 0 Å². The number of halogens is 3. The van der Waals surface area contributed by atoms with Crippen molar-refractivity contribution >= 4 is 68.7 Å². The molecule has 104 valence electrons. The Morgan fingerprint density at radius 3 is 2.35 bits per heavy atom. The Bertz CT molecular complexity index is 764. The van der Waals surface area contributed by atoms with E-state index in [0.29, 0.717) is 32.1 Å². The highest BCUT2D eigenvalue weighted by Gasteiger charge is 2.15. The molecule has 4 nitrogen and oxygen atoms in total. The highest BCUT2D eigenvalue weighted by atomic mass is 35.5. The molecule has 3 aromatic rings. The van der Waals surface area contributed by atoms with Gasteiger partial charge < -0.3 is 11.5 Å². The number of pyridine rings is 1. The monoisotopic (exact) mass is 346 g/mol. The number of fused-ring (bicyclic) bond motifs is 1. The molecule has 0 atom stereocenters. The molecule has 20 heavy (non-hydrogen) atoms. The SMILES string of the molecule is Cl.Nc1cc(Cl)c(-c2nc3ccnc(N)c3s2)c(Cl)c1. The summed E-state index contributed by atoms with van der Waals surface area (Å²) in [6, 6.07) is 5.09. The normalized spacial score (nSPS) is 10.5. The number of anilines is 2. The molecule has 2 aromatic heterocycles. The van der Waals surface area contributed by atoms with Crippen LogP contribution in [0.3, 0.4) is 0 Å². The number of nitrogens with zero attached hydrogens (tertiary/aromatic N) is 2. The molecule has 0 saturated carbocycles. The summed E-state index contributed by atoms with van der Waals surface area (Å²) in [6.45, 7) is 0. The van der Waals surface area contributed by atoms with Crippen LogP contribution < -0.4 is 11.5 Å². The molecular formula is C12H9Cl3N4S. The lowest BCUT2D eigenvalue weighted by molar-refractivity contribution is 1.36. The van der Waals surface area contributed by atoms with Crippen LogP contribution in [0, 0.1) is 0 Å². The zero-order valence-electron chi connectivity index (χ0n) is 9.93.